The van der Waals surface area contributed by atoms with E-state index in [2.05, 4.69) is 31.9 Å². The topological polar surface area (TPSA) is 29.5 Å². The van der Waals surface area contributed by atoms with E-state index in [1.54, 1.807) is 0 Å². The first-order valence-corrected chi connectivity index (χ1v) is 8.05. The van der Waals surface area contributed by atoms with E-state index in [4.69, 9.17) is 4.74 Å². The number of ether oxygens (including phenoxy) is 1. The Morgan fingerprint density at radius 2 is 1.84 bits per heavy atom. The number of amides is 1. The second-order valence-corrected chi connectivity index (χ2v) is 6.44. The highest BCUT2D eigenvalue weighted by atomic mass is 79.9. The van der Waals surface area contributed by atoms with Crippen LogP contribution in [0.4, 0.5) is 0 Å². The minimum Gasteiger partial charge on any atom is -0.378 e. The van der Waals surface area contributed by atoms with Gasteiger partial charge in [-0.3, -0.25) is 4.79 Å². The van der Waals surface area contributed by atoms with E-state index >= 15 is 0 Å². The Hall–Kier alpha value is -0.390. The van der Waals surface area contributed by atoms with Crippen LogP contribution in [-0.2, 0) is 4.74 Å². The molecule has 1 saturated heterocycles. The van der Waals surface area contributed by atoms with E-state index in [9.17, 15) is 4.79 Å². The lowest BCUT2D eigenvalue weighted by Crippen LogP contribution is -2.40. The Labute approximate surface area is 130 Å². The average Bonchev–Trinajstić information content (AvgIpc) is 2.38. The quantitative estimate of drug-likeness (QED) is 0.784. The normalized spacial score (nSPS) is 16.7. The summed E-state index contributed by atoms with van der Waals surface area (Å²) >= 11 is 6.83. The fraction of sp³-hybridized carbons (Fsp3) is 0.500. The van der Waals surface area contributed by atoms with Gasteiger partial charge in [0.05, 0.1) is 6.10 Å². The van der Waals surface area contributed by atoms with Crippen LogP contribution in [0.15, 0.2) is 27.1 Å². The van der Waals surface area contributed by atoms with Crippen molar-refractivity contribution in [1.29, 1.82) is 0 Å². The molecule has 0 saturated carbocycles. The molecule has 1 aliphatic rings. The minimum absolute atomic E-state index is 0.0944. The van der Waals surface area contributed by atoms with Crippen LogP contribution in [0, 0.1) is 0 Å². The first-order valence-electron chi connectivity index (χ1n) is 6.47. The van der Waals surface area contributed by atoms with Crippen LogP contribution in [0.5, 0.6) is 0 Å². The number of benzene rings is 1. The van der Waals surface area contributed by atoms with Crippen LogP contribution in [0.2, 0.25) is 0 Å². The third kappa shape index (κ3) is 4.04. The van der Waals surface area contributed by atoms with Gasteiger partial charge in [0, 0.05) is 34.2 Å². The van der Waals surface area contributed by atoms with Crippen molar-refractivity contribution in [3.05, 3.63) is 32.7 Å². The molecule has 0 aliphatic carbocycles. The van der Waals surface area contributed by atoms with Crippen LogP contribution >= 0.6 is 31.9 Å². The van der Waals surface area contributed by atoms with E-state index in [1.165, 1.54) is 0 Å². The summed E-state index contributed by atoms with van der Waals surface area (Å²) in [5, 5.41) is 0. The molecule has 0 unspecified atom stereocenters. The van der Waals surface area contributed by atoms with E-state index in [-0.39, 0.29) is 5.91 Å². The van der Waals surface area contributed by atoms with Gasteiger partial charge in [0.1, 0.15) is 0 Å². The van der Waals surface area contributed by atoms with Crippen molar-refractivity contribution in [3.8, 4) is 0 Å². The van der Waals surface area contributed by atoms with Crippen LogP contribution in [0.3, 0.4) is 0 Å². The summed E-state index contributed by atoms with van der Waals surface area (Å²) in [7, 11) is 0. The van der Waals surface area contributed by atoms with Crippen LogP contribution in [0.25, 0.3) is 0 Å². The van der Waals surface area contributed by atoms with Gasteiger partial charge in [0.2, 0.25) is 0 Å². The van der Waals surface area contributed by atoms with E-state index < -0.39 is 0 Å². The van der Waals surface area contributed by atoms with Crippen molar-refractivity contribution >= 4 is 37.8 Å². The first kappa shape index (κ1) is 15.0. The Morgan fingerprint density at radius 3 is 2.37 bits per heavy atom. The van der Waals surface area contributed by atoms with Gasteiger partial charge in [0.25, 0.3) is 5.91 Å². The fourth-order valence-corrected chi connectivity index (χ4v) is 3.61. The molecule has 0 N–H and O–H groups in total. The summed E-state index contributed by atoms with van der Waals surface area (Å²) in [5.41, 5.74) is 0.719. The number of carbonyl (C=O) groups is 1. The summed E-state index contributed by atoms with van der Waals surface area (Å²) in [6.07, 6.45) is 2.16. The lowest BCUT2D eigenvalue weighted by molar-refractivity contribution is 0.0146. The molecule has 0 aromatic heterocycles. The lowest BCUT2D eigenvalue weighted by Gasteiger charge is -2.31. The van der Waals surface area contributed by atoms with Crippen molar-refractivity contribution in [2.45, 2.75) is 25.9 Å². The van der Waals surface area contributed by atoms with Crippen LogP contribution < -0.4 is 0 Å². The zero-order valence-corrected chi connectivity index (χ0v) is 14.0. The maximum atomic E-state index is 12.4. The Morgan fingerprint density at radius 1 is 1.26 bits per heavy atom. The predicted octanol–water partition coefficient (Wildman–Crippen LogP) is 3.85. The monoisotopic (exact) mass is 389 g/mol. The van der Waals surface area contributed by atoms with Gasteiger partial charge in [0.15, 0.2) is 0 Å². The number of piperidine rings is 1. The third-order valence-electron chi connectivity index (χ3n) is 3.24. The summed E-state index contributed by atoms with van der Waals surface area (Å²) in [5.74, 6) is 0.0944. The number of hydrogen-bond donors (Lipinski definition) is 0. The number of carbonyl (C=O) groups excluding carboxylic acids is 1. The lowest BCUT2D eigenvalue weighted by atomic mass is 10.1. The van der Waals surface area contributed by atoms with Gasteiger partial charge >= 0.3 is 0 Å². The molecule has 1 aromatic carbocycles. The molecule has 3 nitrogen and oxygen atoms in total. The smallest absolute Gasteiger partial charge is 0.253 e. The largest absolute Gasteiger partial charge is 0.378 e. The van der Waals surface area contributed by atoms with Gasteiger partial charge in [-0.1, -0.05) is 31.9 Å². The highest BCUT2D eigenvalue weighted by Crippen LogP contribution is 2.22. The fourth-order valence-electron chi connectivity index (χ4n) is 2.32. The molecule has 1 fully saturated rings. The second kappa shape index (κ2) is 6.86. The second-order valence-electron chi connectivity index (χ2n) is 4.61. The zero-order chi connectivity index (χ0) is 13.8. The molecule has 0 spiro atoms. The van der Waals surface area contributed by atoms with Gasteiger partial charge in [-0.05, 0) is 38.0 Å². The van der Waals surface area contributed by atoms with E-state index in [0.29, 0.717) is 6.10 Å². The highest BCUT2D eigenvalue weighted by molar-refractivity contribution is 9.11. The first-order chi connectivity index (χ1) is 9.10. The molecule has 0 atom stereocenters. The molecule has 0 radical (unpaired) electrons. The maximum absolute atomic E-state index is 12.4. The van der Waals surface area contributed by atoms with Crippen molar-refractivity contribution in [2.24, 2.45) is 0 Å². The summed E-state index contributed by atoms with van der Waals surface area (Å²) in [6.45, 7) is 4.30. The standard InChI is InChI=1S/C14H17Br2NO2/c1-2-19-13-3-5-17(6-4-13)14(18)10-7-11(15)9-12(16)8-10/h7-9,13H,2-6H2,1H3. The highest BCUT2D eigenvalue weighted by Gasteiger charge is 2.24. The number of likely N-dealkylation sites (tertiary alicyclic amines) is 1. The Kier molecular flexibility index (Phi) is 5.42. The number of hydrogen-bond acceptors (Lipinski definition) is 2. The Balaban J connectivity index is 2.01. The molecule has 1 amide bonds. The molecule has 0 bridgehead atoms. The van der Waals surface area contributed by atoms with Crippen LogP contribution in [0.1, 0.15) is 30.1 Å². The van der Waals surface area contributed by atoms with Crippen LogP contribution in [-0.4, -0.2) is 36.6 Å². The summed E-state index contributed by atoms with van der Waals surface area (Å²) in [4.78, 5) is 14.3. The molecular formula is C14H17Br2NO2. The maximum Gasteiger partial charge on any atom is 0.253 e. The summed E-state index contributed by atoms with van der Waals surface area (Å²) in [6, 6.07) is 5.65. The van der Waals surface area contributed by atoms with Gasteiger partial charge in [-0.25, -0.2) is 0 Å². The van der Waals surface area contributed by atoms with Gasteiger partial charge in [-0.2, -0.15) is 0 Å². The van der Waals surface area contributed by atoms with Gasteiger partial charge < -0.3 is 9.64 Å². The molecule has 2 rings (SSSR count). The molecular weight excluding hydrogens is 374 g/mol. The Bertz CT molecular complexity index is 437. The third-order valence-corrected chi connectivity index (χ3v) is 4.16. The van der Waals surface area contributed by atoms with E-state index in [0.717, 1.165) is 47.0 Å². The molecule has 19 heavy (non-hydrogen) atoms. The molecule has 1 aliphatic heterocycles. The zero-order valence-electron chi connectivity index (χ0n) is 10.9. The molecule has 104 valence electrons. The predicted molar refractivity (Wildman–Crippen MR) is 82.4 cm³/mol. The summed E-state index contributed by atoms with van der Waals surface area (Å²) < 4.78 is 7.42. The van der Waals surface area contributed by atoms with Crippen molar-refractivity contribution < 1.29 is 9.53 Å². The number of halogens is 2. The van der Waals surface area contributed by atoms with E-state index in [1.807, 2.05) is 30.0 Å². The van der Waals surface area contributed by atoms with Crippen molar-refractivity contribution in [2.75, 3.05) is 19.7 Å². The van der Waals surface area contributed by atoms with Crippen molar-refractivity contribution in [1.82, 2.24) is 4.90 Å². The SMILES string of the molecule is CCOC1CCN(C(=O)c2cc(Br)cc(Br)c2)CC1. The minimum atomic E-state index is 0.0944. The van der Waals surface area contributed by atoms with Crippen molar-refractivity contribution in [3.63, 3.8) is 0 Å². The average molecular weight is 391 g/mol. The molecule has 5 heteroatoms. The molecule has 1 aromatic rings. The number of nitrogens with zero attached hydrogens (tertiary/aromatic N) is 1. The number of rotatable bonds is 3. The van der Waals surface area contributed by atoms with Gasteiger partial charge in [-0.15, -0.1) is 0 Å². The molecule has 1 heterocycles.